The van der Waals surface area contributed by atoms with E-state index in [0.717, 1.165) is 26.1 Å². The van der Waals surface area contributed by atoms with E-state index in [2.05, 4.69) is 57.6 Å². The van der Waals surface area contributed by atoms with E-state index in [1.54, 1.807) is 4.90 Å². The van der Waals surface area contributed by atoms with Gasteiger partial charge in [0, 0.05) is 62.4 Å². The highest BCUT2D eigenvalue weighted by molar-refractivity contribution is 5.91. The molecule has 0 unspecified atom stereocenters. The van der Waals surface area contributed by atoms with E-state index in [1.807, 2.05) is 11.8 Å². The van der Waals surface area contributed by atoms with Crippen molar-refractivity contribution >= 4 is 11.8 Å². The summed E-state index contributed by atoms with van der Waals surface area (Å²) in [5, 5.41) is 0. The van der Waals surface area contributed by atoms with E-state index >= 15 is 0 Å². The lowest BCUT2D eigenvalue weighted by Gasteiger charge is -2.49. The number of halogens is 1. The van der Waals surface area contributed by atoms with Gasteiger partial charge in [0.25, 0.3) is 5.91 Å². The Balaban J connectivity index is 2.23. The second-order valence-corrected chi connectivity index (χ2v) is 9.75. The molecule has 0 saturated carbocycles. The summed E-state index contributed by atoms with van der Waals surface area (Å²) in [5.74, 6) is -1.57. The van der Waals surface area contributed by atoms with Crippen molar-refractivity contribution in [1.82, 2.24) is 19.6 Å². The number of carbonyl (C=O) groups excluding carboxylic acids is 2. The van der Waals surface area contributed by atoms with Gasteiger partial charge in [-0.05, 0) is 60.5 Å². The molecule has 0 aromatic rings. The summed E-state index contributed by atoms with van der Waals surface area (Å²) < 4.78 is 13.8. The van der Waals surface area contributed by atoms with Gasteiger partial charge in [0.15, 0.2) is 5.83 Å². The monoisotopic (exact) mass is 436 g/mol. The number of carbonyl (C=O) groups is 2. The van der Waals surface area contributed by atoms with Crippen LogP contribution in [0.4, 0.5) is 4.39 Å². The molecule has 2 saturated heterocycles. The summed E-state index contributed by atoms with van der Waals surface area (Å²) in [6.45, 7) is 22.7. The van der Waals surface area contributed by atoms with Crippen LogP contribution in [0.3, 0.4) is 0 Å². The minimum absolute atomic E-state index is 0.0342. The number of rotatable bonds is 7. The minimum atomic E-state index is -0.907. The maximum absolute atomic E-state index is 13.8. The van der Waals surface area contributed by atoms with E-state index in [9.17, 15) is 14.0 Å². The summed E-state index contributed by atoms with van der Waals surface area (Å²) >= 11 is 0. The second kappa shape index (κ2) is 10.7. The SMILES string of the molecule is C=CC(=O)N1[C@H](CC[C@H]2CN(C(C)C)C[C@@H](C)N2C(=O)C(=C)F)CN(C(C)C)C[C@@H]1C. The highest BCUT2D eigenvalue weighted by Gasteiger charge is 2.39. The first kappa shape index (κ1) is 25.5. The fraction of sp³-hybridized carbons (Fsp3) is 0.750. The maximum Gasteiger partial charge on any atom is 0.282 e. The van der Waals surface area contributed by atoms with Crippen LogP contribution in [-0.2, 0) is 9.59 Å². The van der Waals surface area contributed by atoms with Gasteiger partial charge in [0.1, 0.15) is 0 Å². The van der Waals surface area contributed by atoms with Crippen LogP contribution in [0.25, 0.3) is 0 Å². The van der Waals surface area contributed by atoms with Gasteiger partial charge in [0.2, 0.25) is 5.91 Å². The molecule has 2 amide bonds. The molecule has 0 spiro atoms. The minimum Gasteiger partial charge on any atom is -0.331 e. The molecular weight excluding hydrogens is 395 g/mol. The van der Waals surface area contributed by atoms with E-state index in [1.165, 1.54) is 6.08 Å². The first-order valence-corrected chi connectivity index (χ1v) is 11.6. The normalized spacial score (nSPS) is 28.3. The predicted octanol–water partition coefficient (Wildman–Crippen LogP) is 3.06. The molecule has 7 heteroatoms. The van der Waals surface area contributed by atoms with Crippen molar-refractivity contribution in [3.8, 4) is 0 Å². The third kappa shape index (κ3) is 5.95. The smallest absolute Gasteiger partial charge is 0.282 e. The van der Waals surface area contributed by atoms with Crippen molar-refractivity contribution in [2.75, 3.05) is 26.2 Å². The zero-order chi connectivity index (χ0) is 23.5. The van der Waals surface area contributed by atoms with Gasteiger partial charge < -0.3 is 9.80 Å². The van der Waals surface area contributed by atoms with Crippen LogP contribution in [0, 0.1) is 0 Å². The number of piperazine rings is 2. The van der Waals surface area contributed by atoms with Crippen molar-refractivity contribution < 1.29 is 14.0 Å². The quantitative estimate of drug-likeness (QED) is 0.576. The van der Waals surface area contributed by atoms with Gasteiger partial charge in [-0.25, -0.2) is 4.39 Å². The Hall–Kier alpha value is -1.73. The van der Waals surface area contributed by atoms with Gasteiger partial charge in [-0.15, -0.1) is 0 Å². The Morgan fingerprint density at radius 2 is 1.32 bits per heavy atom. The van der Waals surface area contributed by atoms with Crippen molar-refractivity contribution in [2.45, 2.75) is 90.6 Å². The Morgan fingerprint density at radius 3 is 1.71 bits per heavy atom. The molecule has 0 aliphatic carbocycles. The standard InChI is InChI=1S/C24H41FN4O2/c1-9-23(30)28-18(6)12-26(16(2)3)14-21(28)10-11-22-15-27(17(4)5)13-19(7)29(22)24(31)20(8)25/h9,16-19,21-22H,1,8,10-15H2,2-7H3/t18-,19+,21+,22-/m0/s1. The summed E-state index contributed by atoms with van der Waals surface area (Å²) in [5.41, 5.74) is 0. The molecule has 0 aromatic carbocycles. The van der Waals surface area contributed by atoms with Gasteiger partial charge in [-0.3, -0.25) is 19.4 Å². The fourth-order valence-corrected chi connectivity index (χ4v) is 5.14. The molecule has 0 aromatic heterocycles. The van der Waals surface area contributed by atoms with E-state index < -0.39 is 11.7 Å². The van der Waals surface area contributed by atoms with E-state index in [4.69, 9.17) is 0 Å². The van der Waals surface area contributed by atoms with Crippen molar-refractivity contribution in [2.24, 2.45) is 0 Å². The summed E-state index contributed by atoms with van der Waals surface area (Å²) in [6, 6.07) is 0.659. The molecule has 176 valence electrons. The van der Waals surface area contributed by atoms with Crippen LogP contribution in [0.5, 0.6) is 0 Å². The second-order valence-electron chi connectivity index (χ2n) is 9.75. The number of nitrogens with zero attached hydrogens (tertiary/aromatic N) is 4. The predicted molar refractivity (Wildman–Crippen MR) is 123 cm³/mol. The van der Waals surface area contributed by atoms with Crippen molar-refractivity contribution in [3.05, 3.63) is 25.1 Å². The van der Waals surface area contributed by atoms with Crippen molar-refractivity contribution in [1.29, 1.82) is 0 Å². The Bertz CT molecular complexity index is 680. The molecule has 0 N–H and O–H groups in total. The maximum atomic E-state index is 13.8. The average Bonchev–Trinajstić information content (AvgIpc) is 2.70. The molecule has 2 aliphatic heterocycles. The highest BCUT2D eigenvalue weighted by atomic mass is 19.1. The molecule has 0 bridgehead atoms. The Labute approximate surface area is 187 Å². The zero-order valence-corrected chi connectivity index (χ0v) is 20.2. The molecule has 2 heterocycles. The van der Waals surface area contributed by atoms with Crippen LogP contribution in [-0.4, -0.2) is 93.8 Å². The third-order valence-corrected chi connectivity index (χ3v) is 6.81. The zero-order valence-electron chi connectivity index (χ0n) is 20.2. The molecular formula is C24H41FN4O2. The molecule has 4 atom stereocenters. The Morgan fingerprint density at radius 1 is 0.903 bits per heavy atom. The summed E-state index contributed by atoms with van der Waals surface area (Å²) in [6.07, 6.45) is 2.84. The van der Waals surface area contributed by atoms with Crippen LogP contribution in [0.1, 0.15) is 54.4 Å². The lowest BCUT2D eigenvalue weighted by Crippen LogP contribution is -2.62. The Kier molecular flexibility index (Phi) is 8.83. The van der Waals surface area contributed by atoms with E-state index in [0.29, 0.717) is 25.0 Å². The lowest BCUT2D eigenvalue weighted by molar-refractivity contribution is -0.139. The molecule has 2 fully saturated rings. The number of hydrogen-bond donors (Lipinski definition) is 0. The largest absolute Gasteiger partial charge is 0.331 e. The topological polar surface area (TPSA) is 47.1 Å². The molecule has 0 radical (unpaired) electrons. The van der Waals surface area contributed by atoms with Crippen LogP contribution < -0.4 is 0 Å². The molecule has 6 nitrogen and oxygen atoms in total. The van der Waals surface area contributed by atoms with Crippen LogP contribution in [0.2, 0.25) is 0 Å². The highest BCUT2D eigenvalue weighted by Crippen LogP contribution is 2.27. The van der Waals surface area contributed by atoms with Gasteiger partial charge >= 0.3 is 0 Å². The average molecular weight is 437 g/mol. The third-order valence-electron chi connectivity index (χ3n) is 6.81. The van der Waals surface area contributed by atoms with Gasteiger partial charge in [-0.1, -0.05) is 13.2 Å². The summed E-state index contributed by atoms with van der Waals surface area (Å²) in [7, 11) is 0. The van der Waals surface area contributed by atoms with Crippen LogP contribution in [0.15, 0.2) is 25.1 Å². The number of hydrogen-bond acceptors (Lipinski definition) is 4. The van der Waals surface area contributed by atoms with Crippen LogP contribution >= 0.6 is 0 Å². The van der Waals surface area contributed by atoms with Crippen molar-refractivity contribution in [3.63, 3.8) is 0 Å². The molecule has 31 heavy (non-hydrogen) atoms. The first-order valence-electron chi connectivity index (χ1n) is 11.6. The van der Waals surface area contributed by atoms with Gasteiger partial charge in [-0.2, -0.15) is 0 Å². The number of amides is 2. The summed E-state index contributed by atoms with van der Waals surface area (Å²) in [4.78, 5) is 33.6. The fourth-order valence-electron chi connectivity index (χ4n) is 5.14. The molecule has 2 rings (SSSR count). The van der Waals surface area contributed by atoms with E-state index in [-0.39, 0.29) is 30.1 Å². The van der Waals surface area contributed by atoms with Gasteiger partial charge in [0.05, 0.1) is 0 Å². The lowest BCUT2D eigenvalue weighted by atomic mass is 9.95. The molecule has 2 aliphatic rings. The first-order chi connectivity index (χ1) is 14.5.